The summed E-state index contributed by atoms with van der Waals surface area (Å²) in [5.74, 6) is 0. The average Bonchev–Trinajstić information content (AvgIpc) is 3.87. The number of hydrogen-bond donors (Lipinski definition) is 0. The van der Waals surface area contributed by atoms with Crippen LogP contribution in [0.2, 0.25) is 0 Å². The Kier molecular flexibility index (Phi) is 5.83. The number of nitrogens with zero attached hydrogens (tertiary/aromatic N) is 1. The van der Waals surface area contributed by atoms with Crippen LogP contribution < -0.4 is 4.90 Å². The number of fused-ring (bicyclic) bond motifs is 12. The van der Waals surface area contributed by atoms with E-state index in [1.165, 1.54) is 30.9 Å². The molecule has 0 saturated heterocycles. The second-order valence-electron chi connectivity index (χ2n) is 12.8. The highest BCUT2D eigenvalue weighted by atomic mass is 32.1. The van der Waals surface area contributed by atoms with Crippen LogP contribution in [0.4, 0.5) is 17.1 Å². The summed E-state index contributed by atoms with van der Waals surface area (Å²) < 4.78 is 15.6. The van der Waals surface area contributed by atoms with Crippen molar-refractivity contribution in [3.05, 3.63) is 164 Å². The van der Waals surface area contributed by atoms with Gasteiger partial charge in [-0.15, -0.1) is 11.3 Å². The van der Waals surface area contributed by atoms with E-state index in [4.69, 9.17) is 8.83 Å². The van der Waals surface area contributed by atoms with E-state index in [2.05, 4.69) is 157 Å². The number of hydrogen-bond acceptors (Lipinski definition) is 4. The highest BCUT2D eigenvalue weighted by Crippen LogP contribution is 2.49. The molecular weight excluding hydrogens is 631 g/mol. The highest BCUT2D eigenvalue weighted by Gasteiger charge is 2.22. The summed E-state index contributed by atoms with van der Waals surface area (Å²) >= 11 is 1.82. The summed E-state index contributed by atoms with van der Waals surface area (Å²) in [6.45, 7) is 0. The lowest BCUT2D eigenvalue weighted by atomic mass is 10.0. The van der Waals surface area contributed by atoms with Crippen LogP contribution in [0.5, 0.6) is 0 Å². The lowest BCUT2D eigenvalue weighted by Crippen LogP contribution is -2.10. The molecule has 0 aliphatic rings. The lowest BCUT2D eigenvalue weighted by Gasteiger charge is -2.26. The van der Waals surface area contributed by atoms with Crippen molar-refractivity contribution in [3.63, 3.8) is 0 Å². The first-order valence-corrected chi connectivity index (χ1v) is 17.7. The molecule has 8 aromatic carbocycles. The van der Waals surface area contributed by atoms with Gasteiger partial charge < -0.3 is 13.7 Å². The van der Waals surface area contributed by atoms with E-state index >= 15 is 0 Å². The zero-order chi connectivity index (χ0) is 32.8. The fraction of sp³-hybridized carbons (Fsp3) is 0. The van der Waals surface area contributed by atoms with Crippen molar-refractivity contribution < 1.29 is 8.83 Å². The Labute approximate surface area is 290 Å². The largest absolute Gasteiger partial charge is 0.455 e. The first-order valence-electron chi connectivity index (χ1n) is 16.8. The average molecular weight is 658 g/mol. The Bertz CT molecular complexity index is 3090. The maximum absolute atomic E-state index is 6.79. The summed E-state index contributed by atoms with van der Waals surface area (Å²) in [5.41, 5.74) is 9.16. The molecule has 0 bridgehead atoms. The molecule has 234 valence electrons. The Morgan fingerprint density at radius 1 is 0.400 bits per heavy atom. The smallest absolute Gasteiger partial charge is 0.144 e. The molecule has 3 aromatic heterocycles. The van der Waals surface area contributed by atoms with E-state index in [1.54, 1.807) is 0 Å². The molecule has 11 aromatic rings. The Hall–Kier alpha value is -6.36. The van der Waals surface area contributed by atoms with Crippen LogP contribution in [0.1, 0.15) is 0 Å². The molecule has 0 aliphatic heterocycles. The minimum atomic E-state index is 0.907. The number of benzene rings is 8. The molecule has 4 heteroatoms. The zero-order valence-corrected chi connectivity index (χ0v) is 27.6. The number of furan rings is 2. The molecule has 0 unspecified atom stereocenters. The van der Waals surface area contributed by atoms with E-state index in [-0.39, 0.29) is 0 Å². The maximum atomic E-state index is 6.79. The predicted molar refractivity (Wildman–Crippen MR) is 212 cm³/mol. The highest BCUT2D eigenvalue weighted by molar-refractivity contribution is 7.26. The summed E-state index contributed by atoms with van der Waals surface area (Å²) in [6, 6.07) is 58.1. The van der Waals surface area contributed by atoms with Crippen LogP contribution in [0, 0.1) is 0 Å². The molecule has 0 spiro atoms. The summed E-state index contributed by atoms with van der Waals surface area (Å²) in [6.07, 6.45) is 0. The van der Waals surface area contributed by atoms with Crippen molar-refractivity contribution in [1.82, 2.24) is 0 Å². The van der Waals surface area contributed by atoms with Crippen molar-refractivity contribution in [1.29, 1.82) is 0 Å². The Morgan fingerprint density at radius 2 is 1.12 bits per heavy atom. The maximum Gasteiger partial charge on any atom is 0.144 e. The van der Waals surface area contributed by atoms with Gasteiger partial charge in [-0.2, -0.15) is 0 Å². The number of rotatable bonds is 4. The third-order valence-corrected chi connectivity index (χ3v) is 11.2. The van der Waals surface area contributed by atoms with Gasteiger partial charge in [-0.05, 0) is 77.0 Å². The fourth-order valence-electron chi connectivity index (χ4n) is 7.84. The second kappa shape index (κ2) is 10.6. The van der Waals surface area contributed by atoms with Crippen molar-refractivity contribution in [2.24, 2.45) is 0 Å². The summed E-state index contributed by atoms with van der Waals surface area (Å²) in [7, 11) is 0. The van der Waals surface area contributed by atoms with Crippen LogP contribution in [0.15, 0.2) is 173 Å². The van der Waals surface area contributed by atoms with Gasteiger partial charge in [0.25, 0.3) is 0 Å². The molecule has 0 aliphatic carbocycles. The van der Waals surface area contributed by atoms with Gasteiger partial charge in [-0.1, -0.05) is 103 Å². The molecule has 11 rings (SSSR count). The molecule has 0 N–H and O–H groups in total. The van der Waals surface area contributed by atoms with Gasteiger partial charge in [0.1, 0.15) is 22.3 Å². The molecule has 0 radical (unpaired) electrons. The van der Waals surface area contributed by atoms with Crippen LogP contribution in [-0.2, 0) is 0 Å². The SMILES string of the molecule is c1ccc(N(c2ccc(-c3cccc4c3oc3ccccc34)cc2)c2cccc3sc4ccc5c(oc6ccc7ccccc7c65)c4c23)cc1. The second-order valence-corrected chi connectivity index (χ2v) is 13.9. The van der Waals surface area contributed by atoms with E-state index in [0.717, 1.165) is 72.1 Å². The predicted octanol–water partition coefficient (Wildman–Crippen LogP) is 14.1. The number of anilines is 3. The van der Waals surface area contributed by atoms with Crippen molar-refractivity contribution in [3.8, 4) is 11.1 Å². The van der Waals surface area contributed by atoms with E-state index < -0.39 is 0 Å². The van der Waals surface area contributed by atoms with Crippen LogP contribution >= 0.6 is 11.3 Å². The van der Waals surface area contributed by atoms with Crippen molar-refractivity contribution in [2.75, 3.05) is 4.90 Å². The standard InChI is InChI=1S/C46H27NO2S/c1-2-11-30(12-3-1)47(31-23-20-29(21-24-31)33-15-8-16-35-34-14-6-7-18-38(34)48-45(33)35)37-17-9-19-40-43(37)44-41(50-40)27-25-36-42-32-13-5-4-10-28(32)22-26-39(42)49-46(36)44/h1-27H. The van der Waals surface area contributed by atoms with Gasteiger partial charge in [0.15, 0.2) is 0 Å². The van der Waals surface area contributed by atoms with E-state index in [9.17, 15) is 0 Å². The third kappa shape index (κ3) is 3.97. The zero-order valence-electron chi connectivity index (χ0n) is 26.8. The third-order valence-electron chi connectivity index (χ3n) is 10.1. The van der Waals surface area contributed by atoms with Crippen molar-refractivity contribution in [2.45, 2.75) is 0 Å². The molecule has 0 fully saturated rings. The minimum absolute atomic E-state index is 0.907. The molecule has 0 atom stereocenters. The van der Waals surface area contributed by atoms with Crippen molar-refractivity contribution >= 4 is 103 Å². The van der Waals surface area contributed by atoms with Gasteiger partial charge in [-0.3, -0.25) is 0 Å². The van der Waals surface area contributed by atoms with Gasteiger partial charge in [0, 0.05) is 58.7 Å². The normalized spacial score (nSPS) is 12.0. The number of thiophene rings is 1. The van der Waals surface area contributed by atoms with E-state index in [1.807, 2.05) is 23.5 Å². The minimum Gasteiger partial charge on any atom is -0.455 e. The first kappa shape index (κ1) is 27.6. The summed E-state index contributed by atoms with van der Waals surface area (Å²) in [4.78, 5) is 2.37. The topological polar surface area (TPSA) is 29.5 Å². The van der Waals surface area contributed by atoms with E-state index in [0.29, 0.717) is 0 Å². The van der Waals surface area contributed by atoms with Crippen LogP contribution in [0.3, 0.4) is 0 Å². The molecule has 50 heavy (non-hydrogen) atoms. The Balaban J connectivity index is 1.13. The quantitative estimate of drug-likeness (QED) is 0.189. The molecule has 3 heterocycles. The first-order chi connectivity index (χ1) is 24.8. The Morgan fingerprint density at radius 3 is 2.02 bits per heavy atom. The fourth-order valence-corrected chi connectivity index (χ4v) is 8.97. The lowest BCUT2D eigenvalue weighted by molar-refractivity contribution is 0.670. The molecule has 3 nitrogen and oxygen atoms in total. The number of para-hydroxylation sites is 3. The van der Waals surface area contributed by atoms with Crippen LogP contribution in [-0.4, -0.2) is 0 Å². The van der Waals surface area contributed by atoms with Gasteiger partial charge in [0.2, 0.25) is 0 Å². The molecule has 0 saturated carbocycles. The van der Waals surface area contributed by atoms with Gasteiger partial charge in [-0.25, -0.2) is 0 Å². The monoisotopic (exact) mass is 657 g/mol. The summed E-state index contributed by atoms with van der Waals surface area (Å²) in [5, 5.41) is 9.38. The van der Waals surface area contributed by atoms with Gasteiger partial charge in [0.05, 0.1) is 5.69 Å². The van der Waals surface area contributed by atoms with Gasteiger partial charge >= 0.3 is 0 Å². The van der Waals surface area contributed by atoms with Crippen LogP contribution in [0.25, 0.3) is 85.9 Å². The molecular formula is C46H27NO2S. The molecule has 0 amide bonds.